The standard InChI is InChI=1S/C14H19N3OS/c1-3-11(8-15)14-16-13(17-18-14)9-19-12-7-5-4-6-10(12)2/h4-7,11H,3,8-9,15H2,1-2H3. The van der Waals surface area contributed by atoms with E-state index in [2.05, 4.69) is 36.1 Å². The van der Waals surface area contributed by atoms with Crippen molar-refractivity contribution in [2.75, 3.05) is 6.54 Å². The molecule has 0 aliphatic rings. The number of hydrogen-bond acceptors (Lipinski definition) is 5. The van der Waals surface area contributed by atoms with E-state index in [-0.39, 0.29) is 5.92 Å². The van der Waals surface area contributed by atoms with E-state index in [4.69, 9.17) is 10.3 Å². The van der Waals surface area contributed by atoms with E-state index < -0.39 is 0 Å². The average Bonchev–Trinajstić information content (AvgIpc) is 2.88. The molecule has 0 aliphatic carbocycles. The van der Waals surface area contributed by atoms with Crippen molar-refractivity contribution in [2.45, 2.75) is 36.8 Å². The van der Waals surface area contributed by atoms with Gasteiger partial charge in [0, 0.05) is 11.4 Å². The first-order chi connectivity index (χ1) is 9.24. The van der Waals surface area contributed by atoms with Gasteiger partial charge in [-0.05, 0) is 25.0 Å². The lowest BCUT2D eigenvalue weighted by Gasteiger charge is -2.04. The molecule has 2 rings (SSSR count). The summed E-state index contributed by atoms with van der Waals surface area (Å²) in [7, 11) is 0. The lowest BCUT2D eigenvalue weighted by atomic mass is 10.1. The Hall–Kier alpha value is -1.33. The number of thioether (sulfide) groups is 1. The molecule has 1 aromatic heterocycles. The van der Waals surface area contributed by atoms with Gasteiger partial charge in [0.2, 0.25) is 5.89 Å². The molecule has 1 unspecified atom stereocenters. The van der Waals surface area contributed by atoms with Crippen LogP contribution in [0, 0.1) is 6.92 Å². The molecule has 2 aromatic rings. The van der Waals surface area contributed by atoms with Crippen molar-refractivity contribution in [3.8, 4) is 0 Å². The number of rotatable bonds is 6. The van der Waals surface area contributed by atoms with Crippen molar-refractivity contribution in [1.29, 1.82) is 0 Å². The van der Waals surface area contributed by atoms with E-state index in [0.717, 1.165) is 18.0 Å². The molecular weight excluding hydrogens is 258 g/mol. The third-order valence-corrected chi connectivity index (χ3v) is 4.23. The summed E-state index contributed by atoms with van der Waals surface area (Å²) in [5.74, 6) is 2.28. The van der Waals surface area contributed by atoms with Gasteiger partial charge in [0.05, 0.1) is 11.7 Å². The van der Waals surface area contributed by atoms with Gasteiger partial charge in [-0.25, -0.2) is 0 Å². The van der Waals surface area contributed by atoms with Gasteiger partial charge in [-0.2, -0.15) is 4.98 Å². The first-order valence-corrected chi connectivity index (χ1v) is 7.44. The Morgan fingerprint density at radius 2 is 2.16 bits per heavy atom. The summed E-state index contributed by atoms with van der Waals surface area (Å²) in [4.78, 5) is 5.67. The van der Waals surface area contributed by atoms with Crippen LogP contribution in [0.5, 0.6) is 0 Å². The van der Waals surface area contributed by atoms with Crippen LogP contribution in [0.25, 0.3) is 0 Å². The lowest BCUT2D eigenvalue weighted by molar-refractivity contribution is 0.348. The van der Waals surface area contributed by atoms with Gasteiger partial charge in [0.1, 0.15) is 0 Å². The maximum absolute atomic E-state index is 5.68. The second-order valence-corrected chi connectivity index (χ2v) is 5.46. The summed E-state index contributed by atoms with van der Waals surface area (Å²) in [5.41, 5.74) is 6.94. The molecule has 102 valence electrons. The predicted octanol–water partition coefficient (Wildman–Crippen LogP) is 3.12. The van der Waals surface area contributed by atoms with Crippen LogP contribution >= 0.6 is 11.8 Å². The third-order valence-electron chi connectivity index (χ3n) is 3.06. The molecule has 1 heterocycles. The molecule has 0 radical (unpaired) electrons. The maximum atomic E-state index is 5.68. The van der Waals surface area contributed by atoms with Crippen LogP contribution in [-0.4, -0.2) is 16.7 Å². The van der Waals surface area contributed by atoms with Crippen molar-refractivity contribution in [3.63, 3.8) is 0 Å². The molecule has 1 aromatic carbocycles. The number of nitrogens with zero attached hydrogens (tertiary/aromatic N) is 2. The number of aryl methyl sites for hydroxylation is 1. The minimum Gasteiger partial charge on any atom is -0.339 e. The Bertz CT molecular complexity index is 523. The van der Waals surface area contributed by atoms with E-state index >= 15 is 0 Å². The maximum Gasteiger partial charge on any atom is 0.231 e. The molecule has 0 saturated heterocycles. The molecule has 0 saturated carbocycles. The van der Waals surface area contributed by atoms with Gasteiger partial charge < -0.3 is 10.3 Å². The Morgan fingerprint density at radius 1 is 1.37 bits per heavy atom. The van der Waals surface area contributed by atoms with E-state index in [1.165, 1.54) is 10.5 Å². The Morgan fingerprint density at radius 3 is 2.84 bits per heavy atom. The van der Waals surface area contributed by atoms with E-state index in [0.29, 0.717) is 12.4 Å². The van der Waals surface area contributed by atoms with Crippen molar-refractivity contribution >= 4 is 11.8 Å². The molecule has 0 amide bonds. The molecule has 4 nitrogen and oxygen atoms in total. The minimum atomic E-state index is 0.171. The highest BCUT2D eigenvalue weighted by Crippen LogP contribution is 2.25. The zero-order valence-corrected chi connectivity index (χ0v) is 12.1. The van der Waals surface area contributed by atoms with Gasteiger partial charge in [0.25, 0.3) is 0 Å². The van der Waals surface area contributed by atoms with Crippen molar-refractivity contribution in [3.05, 3.63) is 41.5 Å². The van der Waals surface area contributed by atoms with Crippen molar-refractivity contribution < 1.29 is 4.52 Å². The monoisotopic (exact) mass is 277 g/mol. The molecule has 1 atom stereocenters. The fraction of sp³-hybridized carbons (Fsp3) is 0.429. The summed E-state index contributed by atoms with van der Waals surface area (Å²) < 4.78 is 5.27. The zero-order chi connectivity index (χ0) is 13.7. The fourth-order valence-electron chi connectivity index (χ4n) is 1.79. The molecule has 5 heteroatoms. The van der Waals surface area contributed by atoms with Crippen LogP contribution in [0.3, 0.4) is 0 Å². The van der Waals surface area contributed by atoms with E-state index in [1.54, 1.807) is 11.8 Å². The van der Waals surface area contributed by atoms with E-state index in [9.17, 15) is 0 Å². The van der Waals surface area contributed by atoms with E-state index in [1.807, 2.05) is 12.1 Å². The zero-order valence-electron chi connectivity index (χ0n) is 11.3. The van der Waals surface area contributed by atoms with Gasteiger partial charge in [-0.1, -0.05) is 30.3 Å². The molecule has 19 heavy (non-hydrogen) atoms. The minimum absolute atomic E-state index is 0.171. The van der Waals surface area contributed by atoms with Gasteiger partial charge in [-0.3, -0.25) is 0 Å². The summed E-state index contributed by atoms with van der Waals surface area (Å²) in [6.45, 7) is 4.72. The number of aromatic nitrogens is 2. The highest BCUT2D eigenvalue weighted by molar-refractivity contribution is 7.98. The molecule has 0 aliphatic heterocycles. The van der Waals surface area contributed by atoms with Gasteiger partial charge in [0.15, 0.2) is 5.82 Å². The second-order valence-electron chi connectivity index (χ2n) is 4.44. The van der Waals surface area contributed by atoms with Crippen LogP contribution < -0.4 is 5.73 Å². The first kappa shape index (κ1) is 14.1. The Labute approximate surface area is 117 Å². The van der Waals surface area contributed by atoms with Crippen molar-refractivity contribution in [2.24, 2.45) is 5.73 Å². The Kier molecular flexibility index (Phi) is 4.99. The molecular formula is C14H19N3OS. The number of benzene rings is 1. The Balaban J connectivity index is 1.99. The summed E-state index contributed by atoms with van der Waals surface area (Å²) in [5, 5.41) is 4.02. The number of nitrogens with two attached hydrogens (primary N) is 1. The van der Waals surface area contributed by atoms with Crippen LogP contribution in [0.15, 0.2) is 33.7 Å². The summed E-state index contributed by atoms with van der Waals surface area (Å²) in [6.07, 6.45) is 0.920. The quantitative estimate of drug-likeness (QED) is 0.822. The predicted molar refractivity (Wildman–Crippen MR) is 77.1 cm³/mol. The molecule has 0 spiro atoms. The topological polar surface area (TPSA) is 64.9 Å². The largest absolute Gasteiger partial charge is 0.339 e. The SMILES string of the molecule is CCC(CN)c1nc(CSc2ccccc2C)no1. The highest BCUT2D eigenvalue weighted by atomic mass is 32.2. The lowest BCUT2D eigenvalue weighted by Crippen LogP contribution is -2.11. The third kappa shape index (κ3) is 3.58. The van der Waals surface area contributed by atoms with Gasteiger partial charge in [-0.15, -0.1) is 11.8 Å². The average molecular weight is 277 g/mol. The normalized spacial score (nSPS) is 12.6. The molecule has 0 fully saturated rings. The van der Waals surface area contributed by atoms with Crippen LogP contribution in [0.4, 0.5) is 0 Å². The van der Waals surface area contributed by atoms with Crippen LogP contribution in [0.2, 0.25) is 0 Å². The highest BCUT2D eigenvalue weighted by Gasteiger charge is 2.15. The smallest absolute Gasteiger partial charge is 0.231 e. The summed E-state index contributed by atoms with van der Waals surface area (Å²) >= 11 is 1.72. The number of hydrogen-bond donors (Lipinski definition) is 1. The van der Waals surface area contributed by atoms with Crippen LogP contribution in [-0.2, 0) is 5.75 Å². The molecule has 2 N–H and O–H groups in total. The molecule has 0 bridgehead atoms. The summed E-state index contributed by atoms with van der Waals surface area (Å²) in [6, 6.07) is 8.29. The fourth-order valence-corrected chi connectivity index (χ4v) is 2.67. The van der Waals surface area contributed by atoms with Crippen molar-refractivity contribution in [1.82, 2.24) is 10.1 Å². The second kappa shape index (κ2) is 6.73. The van der Waals surface area contributed by atoms with Crippen LogP contribution in [0.1, 0.15) is 36.5 Å². The van der Waals surface area contributed by atoms with Gasteiger partial charge >= 0.3 is 0 Å². The first-order valence-electron chi connectivity index (χ1n) is 6.45.